The number of likely N-dealkylation sites (N-methyl/N-ethyl adjacent to an activating group) is 1. The number of nitro groups is 1. The largest absolute Gasteiger partial charge is 0.497 e. The van der Waals surface area contributed by atoms with E-state index in [0.29, 0.717) is 12.2 Å². The highest BCUT2D eigenvalue weighted by atomic mass is 16.6. The Kier molecular flexibility index (Phi) is 12.3. The molecule has 0 fully saturated rings. The number of benzene rings is 1. The first-order valence-corrected chi connectivity index (χ1v) is 8.06. The second kappa shape index (κ2) is 13.7. The van der Waals surface area contributed by atoms with E-state index in [9.17, 15) is 14.9 Å². The predicted molar refractivity (Wildman–Crippen MR) is 99.5 cm³/mol. The van der Waals surface area contributed by atoms with Crippen molar-refractivity contribution in [2.24, 2.45) is 0 Å². The van der Waals surface area contributed by atoms with Gasteiger partial charge >= 0.3 is 0 Å². The topological polar surface area (TPSA) is 84.7 Å². The Bertz CT molecular complexity index is 564. The predicted octanol–water partition coefficient (Wildman–Crippen LogP) is 3.14. The lowest BCUT2D eigenvalue weighted by Gasteiger charge is -2.14. The van der Waals surface area contributed by atoms with Gasteiger partial charge in [0.15, 0.2) is 0 Å². The van der Waals surface area contributed by atoms with Gasteiger partial charge in [0.05, 0.1) is 12.0 Å². The maximum atomic E-state index is 10.2. The van der Waals surface area contributed by atoms with Gasteiger partial charge in [-0.15, -0.1) is 0 Å². The zero-order chi connectivity index (χ0) is 19.1. The maximum Gasteiger partial charge on any atom is 0.269 e. The highest BCUT2D eigenvalue weighted by molar-refractivity contribution is 5.51. The minimum atomic E-state index is -0.445. The highest BCUT2D eigenvalue weighted by Gasteiger charge is 2.02. The first kappa shape index (κ1) is 22.3. The van der Waals surface area contributed by atoms with Crippen molar-refractivity contribution < 1.29 is 14.5 Å². The van der Waals surface area contributed by atoms with Gasteiger partial charge in [0, 0.05) is 24.4 Å². The number of allylic oxidation sites excluding steroid dienone is 2. The number of hydrogen-bond acceptors (Lipinski definition) is 5. The molecular weight excluding hydrogens is 322 g/mol. The van der Waals surface area contributed by atoms with Crippen LogP contribution < -0.4 is 10.1 Å². The number of non-ortho nitro benzene ring substituents is 1. The van der Waals surface area contributed by atoms with E-state index in [4.69, 9.17) is 4.74 Å². The molecule has 0 unspecified atom stereocenters. The van der Waals surface area contributed by atoms with Gasteiger partial charge in [0.2, 0.25) is 6.41 Å². The summed E-state index contributed by atoms with van der Waals surface area (Å²) in [6.07, 6.45) is 6.54. The zero-order valence-electron chi connectivity index (χ0n) is 15.3. The molecule has 0 aliphatic carbocycles. The summed E-state index contributed by atoms with van der Waals surface area (Å²) >= 11 is 0. The molecule has 1 aromatic carbocycles. The van der Waals surface area contributed by atoms with Crippen molar-refractivity contribution >= 4 is 12.1 Å². The fourth-order valence-electron chi connectivity index (χ4n) is 1.81. The van der Waals surface area contributed by atoms with Gasteiger partial charge < -0.3 is 15.0 Å². The Morgan fingerprint density at radius 3 is 2.28 bits per heavy atom. The van der Waals surface area contributed by atoms with Gasteiger partial charge in [-0.25, -0.2) is 0 Å². The number of hydrogen-bond donors (Lipinski definition) is 1. The molecule has 0 aromatic heterocycles. The smallest absolute Gasteiger partial charge is 0.269 e. The quantitative estimate of drug-likeness (QED) is 0.320. The Morgan fingerprint density at radius 1 is 1.28 bits per heavy atom. The van der Waals surface area contributed by atoms with Gasteiger partial charge in [-0.3, -0.25) is 14.9 Å². The lowest BCUT2D eigenvalue weighted by Crippen LogP contribution is -2.22. The number of rotatable bonds is 9. The van der Waals surface area contributed by atoms with Crippen LogP contribution in [-0.4, -0.2) is 43.0 Å². The van der Waals surface area contributed by atoms with Crippen LogP contribution in [0.5, 0.6) is 5.75 Å². The van der Waals surface area contributed by atoms with Gasteiger partial charge in [0.1, 0.15) is 5.75 Å². The monoisotopic (exact) mass is 349 g/mol. The van der Waals surface area contributed by atoms with E-state index in [1.54, 1.807) is 12.1 Å². The van der Waals surface area contributed by atoms with Gasteiger partial charge in [-0.2, -0.15) is 0 Å². The number of nitrogens with one attached hydrogen (secondary N) is 1. The first-order valence-electron chi connectivity index (χ1n) is 8.06. The molecule has 0 radical (unpaired) electrons. The molecular formula is C18H27N3O4. The molecule has 25 heavy (non-hydrogen) atoms. The fourth-order valence-corrected chi connectivity index (χ4v) is 1.81. The third-order valence-corrected chi connectivity index (χ3v) is 3.38. The van der Waals surface area contributed by atoms with Gasteiger partial charge in [-0.1, -0.05) is 26.0 Å². The molecule has 0 aliphatic rings. The van der Waals surface area contributed by atoms with E-state index >= 15 is 0 Å². The van der Waals surface area contributed by atoms with E-state index in [1.807, 2.05) is 19.1 Å². The number of nitro benzene ring substituents is 1. The summed E-state index contributed by atoms with van der Waals surface area (Å²) in [6.45, 7) is 9.19. The van der Waals surface area contributed by atoms with E-state index in [-0.39, 0.29) is 5.69 Å². The average molecular weight is 349 g/mol. The highest BCUT2D eigenvalue weighted by Crippen LogP contribution is 2.16. The van der Waals surface area contributed by atoms with Crippen LogP contribution in [0.1, 0.15) is 20.8 Å². The van der Waals surface area contributed by atoms with Crippen molar-refractivity contribution in [1.82, 2.24) is 10.2 Å². The SMILES string of the molecule is C/C=C(\C=C/CN(CC)CC)NC=O.COc1ccc([N+](=O)[O-])cc1. The number of methoxy groups -OCH3 is 1. The van der Waals surface area contributed by atoms with Crippen LogP contribution in [0.25, 0.3) is 0 Å². The molecule has 138 valence electrons. The number of ether oxygens (including phenoxy) is 1. The molecule has 0 saturated carbocycles. The molecule has 0 saturated heterocycles. The second-order valence-electron chi connectivity index (χ2n) is 4.85. The lowest BCUT2D eigenvalue weighted by molar-refractivity contribution is -0.384. The van der Waals surface area contributed by atoms with Crippen LogP contribution in [0.15, 0.2) is 48.2 Å². The van der Waals surface area contributed by atoms with Crippen molar-refractivity contribution in [2.45, 2.75) is 20.8 Å². The Hall–Kier alpha value is -2.67. The third kappa shape index (κ3) is 9.93. The molecule has 1 N–H and O–H groups in total. The molecule has 7 nitrogen and oxygen atoms in total. The summed E-state index contributed by atoms with van der Waals surface area (Å²) in [5, 5.41) is 12.8. The van der Waals surface area contributed by atoms with Crippen LogP contribution in [-0.2, 0) is 4.79 Å². The number of carbonyl (C=O) groups excluding carboxylic acids is 1. The molecule has 1 rings (SSSR count). The minimum absolute atomic E-state index is 0.0748. The molecule has 0 spiro atoms. The van der Waals surface area contributed by atoms with Crippen LogP contribution in [0.4, 0.5) is 5.69 Å². The van der Waals surface area contributed by atoms with Crippen molar-refractivity contribution in [3.05, 3.63) is 58.3 Å². The standard InChI is InChI=1S/C11H20N2O.C7H7NO3/c1-4-11(12-10-14)8-7-9-13(5-2)6-3;1-11-7-4-2-6(3-5-7)8(9)10/h4,7-8,10H,5-6,9H2,1-3H3,(H,12,14);2-5H,1H3/b8-7-,11-4+;. The number of amides is 1. The molecule has 7 heteroatoms. The average Bonchev–Trinajstić information content (AvgIpc) is 2.65. The van der Waals surface area contributed by atoms with Crippen molar-refractivity contribution in [2.75, 3.05) is 26.7 Å². The summed E-state index contributed by atoms with van der Waals surface area (Å²) in [7, 11) is 1.52. The number of nitrogens with zero attached hydrogens (tertiary/aromatic N) is 2. The first-order chi connectivity index (χ1) is 12.0. The Morgan fingerprint density at radius 2 is 1.88 bits per heavy atom. The van der Waals surface area contributed by atoms with E-state index in [0.717, 1.165) is 25.3 Å². The second-order valence-corrected chi connectivity index (χ2v) is 4.85. The lowest BCUT2D eigenvalue weighted by atomic mass is 10.3. The molecule has 1 aromatic rings. The summed E-state index contributed by atoms with van der Waals surface area (Å²) in [5.74, 6) is 0.621. The van der Waals surface area contributed by atoms with Crippen molar-refractivity contribution in [3.63, 3.8) is 0 Å². The summed E-state index contributed by atoms with van der Waals surface area (Å²) in [4.78, 5) is 22.2. The molecule has 1 amide bonds. The molecule has 0 bridgehead atoms. The molecule has 0 heterocycles. The van der Waals surface area contributed by atoms with Gasteiger partial charge in [-0.05, 0) is 38.2 Å². The third-order valence-electron chi connectivity index (χ3n) is 3.38. The van der Waals surface area contributed by atoms with Crippen LogP contribution in [0.3, 0.4) is 0 Å². The van der Waals surface area contributed by atoms with Crippen molar-refractivity contribution in [1.29, 1.82) is 0 Å². The summed E-state index contributed by atoms with van der Waals surface area (Å²) in [6, 6.07) is 5.91. The van der Waals surface area contributed by atoms with Crippen LogP contribution >= 0.6 is 0 Å². The normalized spacial score (nSPS) is 11.0. The van der Waals surface area contributed by atoms with E-state index in [1.165, 1.54) is 19.2 Å². The van der Waals surface area contributed by atoms with Gasteiger partial charge in [0.25, 0.3) is 5.69 Å². The van der Waals surface area contributed by atoms with E-state index < -0.39 is 4.92 Å². The maximum absolute atomic E-state index is 10.2. The van der Waals surface area contributed by atoms with Crippen LogP contribution in [0, 0.1) is 10.1 Å². The Labute approximate surface area is 149 Å². The molecule has 0 atom stereocenters. The van der Waals surface area contributed by atoms with E-state index in [2.05, 4.69) is 30.1 Å². The van der Waals surface area contributed by atoms with Crippen molar-refractivity contribution in [3.8, 4) is 5.75 Å². The van der Waals surface area contributed by atoms with Crippen LogP contribution in [0.2, 0.25) is 0 Å². The fraction of sp³-hybridized carbons (Fsp3) is 0.389. The Balaban J connectivity index is 0.000000472. The summed E-state index contributed by atoms with van der Waals surface area (Å²) in [5.41, 5.74) is 0.915. The zero-order valence-corrected chi connectivity index (χ0v) is 15.3. The number of carbonyl (C=O) groups is 1. The minimum Gasteiger partial charge on any atom is -0.497 e. The molecule has 0 aliphatic heterocycles. The summed E-state index contributed by atoms with van der Waals surface area (Å²) < 4.78 is 4.83.